The van der Waals surface area contributed by atoms with Crippen LogP contribution < -0.4 is 20.5 Å². The molecule has 1 rings (SSSR count). The predicted molar refractivity (Wildman–Crippen MR) is 97.8 cm³/mol. The average Bonchev–Trinajstić information content (AvgIpc) is 2.43. The number of nitrogens with one attached hydrogen (secondary N) is 1. The third-order valence-corrected chi connectivity index (χ3v) is 2.59. The molecular formula is C15H26IN3O2. The van der Waals surface area contributed by atoms with Gasteiger partial charge in [0.1, 0.15) is 17.6 Å². The van der Waals surface area contributed by atoms with E-state index in [2.05, 4.69) is 24.2 Å². The fourth-order valence-electron chi connectivity index (χ4n) is 1.51. The maximum atomic E-state index is 5.77. The van der Waals surface area contributed by atoms with Crippen molar-refractivity contribution in [3.8, 4) is 11.5 Å². The molecular weight excluding hydrogens is 381 g/mol. The van der Waals surface area contributed by atoms with Crippen molar-refractivity contribution in [3.63, 3.8) is 0 Å². The Hall–Kier alpha value is -1.18. The van der Waals surface area contributed by atoms with E-state index < -0.39 is 0 Å². The van der Waals surface area contributed by atoms with Gasteiger partial charge in [0.2, 0.25) is 0 Å². The second-order valence-electron chi connectivity index (χ2n) is 5.10. The highest BCUT2D eigenvalue weighted by Crippen LogP contribution is 2.17. The molecule has 1 aromatic rings. The van der Waals surface area contributed by atoms with Crippen molar-refractivity contribution in [2.75, 3.05) is 20.2 Å². The number of nitrogens with zero attached hydrogens (tertiary/aromatic N) is 1. The van der Waals surface area contributed by atoms with Crippen LogP contribution in [0.15, 0.2) is 29.3 Å². The number of hydrogen-bond donors (Lipinski definition) is 2. The second kappa shape index (κ2) is 10.5. The van der Waals surface area contributed by atoms with Crippen LogP contribution in [0.4, 0.5) is 0 Å². The number of hydrogen-bond acceptors (Lipinski definition) is 3. The lowest BCUT2D eigenvalue weighted by Crippen LogP contribution is -2.38. The molecule has 21 heavy (non-hydrogen) atoms. The monoisotopic (exact) mass is 407 g/mol. The van der Waals surface area contributed by atoms with Crippen LogP contribution in [0.1, 0.15) is 20.8 Å². The molecule has 1 aromatic carbocycles. The molecule has 0 aliphatic heterocycles. The number of guanidine groups is 1. The van der Waals surface area contributed by atoms with Gasteiger partial charge in [-0.2, -0.15) is 0 Å². The maximum absolute atomic E-state index is 5.77. The van der Waals surface area contributed by atoms with Crippen LogP contribution in [0.5, 0.6) is 11.5 Å². The Bertz CT molecular complexity index is 421. The minimum absolute atomic E-state index is 0. The number of methoxy groups -OCH3 is 1. The van der Waals surface area contributed by atoms with Gasteiger partial charge in [-0.1, -0.05) is 13.8 Å². The highest BCUT2D eigenvalue weighted by atomic mass is 127. The fraction of sp³-hybridized carbons (Fsp3) is 0.533. The van der Waals surface area contributed by atoms with Gasteiger partial charge in [-0.15, -0.1) is 24.0 Å². The Balaban J connectivity index is 0.00000400. The van der Waals surface area contributed by atoms with E-state index in [0.29, 0.717) is 18.4 Å². The summed E-state index contributed by atoms with van der Waals surface area (Å²) in [4.78, 5) is 4.24. The van der Waals surface area contributed by atoms with Crippen molar-refractivity contribution in [3.05, 3.63) is 24.3 Å². The first-order valence-electron chi connectivity index (χ1n) is 6.85. The summed E-state index contributed by atoms with van der Waals surface area (Å²) in [5.74, 6) is 2.58. The van der Waals surface area contributed by atoms with Crippen molar-refractivity contribution >= 4 is 29.9 Å². The van der Waals surface area contributed by atoms with Gasteiger partial charge in [0.15, 0.2) is 5.96 Å². The van der Waals surface area contributed by atoms with Gasteiger partial charge >= 0.3 is 0 Å². The zero-order chi connectivity index (χ0) is 15.0. The van der Waals surface area contributed by atoms with Crippen molar-refractivity contribution in [2.24, 2.45) is 16.6 Å². The molecule has 1 atom stereocenters. The van der Waals surface area contributed by atoms with Gasteiger partial charge in [-0.25, -0.2) is 0 Å². The Morgan fingerprint density at radius 3 is 2.29 bits per heavy atom. The Kier molecular flexibility index (Phi) is 9.94. The van der Waals surface area contributed by atoms with E-state index in [1.165, 1.54) is 0 Å². The Morgan fingerprint density at radius 2 is 1.76 bits per heavy atom. The lowest BCUT2D eigenvalue weighted by Gasteiger charge is -2.16. The molecule has 0 spiro atoms. The first-order chi connectivity index (χ1) is 9.51. The highest BCUT2D eigenvalue weighted by molar-refractivity contribution is 14.0. The van der Waals surface area contributed by atoms with E-state index in [-0.39, 0.29) is 30.1 Å². The lowest BCUT2D eigenvalue weighted by molar-refractivity contribution is 0.224. The molecule has 0 fully saturated rings. The first kappa shape index (κ1) is 19.8. The molecule has 0 aromatic heterocycles. The minimum Gasteiger partial charge on any atom is -0.497 e. The molecule has 3 N–H and O–H groups in total. The van der Waals surface area contributed by atoms with Gasteiger partial charge in [0.05, 0.1) is 13.7 Å². The summed E-state index contributed by atoms with van der Waals surface area (Å²) in [6.07, 6.45) is -0.00352. The van der Waals surface area contributed by atoms with Crippen molar-refractivity contribution < 1.29 is 9.47 Å². The molecule has 5 nitrogen and oxygen atoms in total. The number of aliphatic imine (C=N–C) groups is 1. The van der Waals surface area contributed by atoms with Crippen LogP contribution in [0.2, 0.25) is 0 Å². The molecule has 0 heterocycles. The molecule has 0 saturated heterocycles. The summed E-state index contributed by atoms with van der Waals surface area (Å²) < 4.78 is 10.9. The summed E-state index contributed by atoms with van der Waals surface area (Å²) in [6.45, 7) is 7.53. The van der Waals surface area contributed by atoms with E-state index >= 15 is 0 Å². The van der Waals surface area contributed by atoms with Crippen molar-refractivity contribution in [1.82, 2.24) is 5.32 Å². The molecule has 120 valence electrons. The first-order valence-corrected chi connectivity index (χ1v) is 6.85. The number of benzene rings is 1. The van der Waals surface area contributed by atoms with Crippen LogP contribution in [-0.2, 0) is 0 Å². The van der Waals surface area contributed by atoms with Crippen LogP contribution >= 0.6 is 24.0 Å². The van der Waals surface area contributed by atoms with Crippen LogP contribution in [0.25, 0.3) is 0 Å². The van der Waals surface area contributed by atoms with E-state index in [9.17, 15) is 0 Å². The largest absolute Gasteiger partial charge is 0.497 e. The summed E-state index contributed by atoms with van der Waals surface area (Å²) >= 11 is 0. The molecule has 0 aliphatic rings. The molecule has 0 amide bonds. The fourth-order valence-corrected chi connectivity index (χ4v) is 1.51. The molecule has 1 unspecified atom stereocenters. The topological polar surface area (TPSA) is 68.9 Å². The molecule has 0 saturated carbocycles. The number of ether oxygens (including phenoxy) is 2. The van der Waals surface area contributed by atoms with Gasteiger partial charge in [0, 0.05) is 6.54 Å². The van der Waals surface area contributed by atoms with Gasteiger partial charge in [-0.05, 0) is 37.1 Å². The Morgan fingerprint density at radius 1 is 1.19 bits per heavy atom. The summed E-state index contributed by atoms with van der Waals surface area (Å²) in [6, 6.07) is 7.50. The van der Waals surface area contributed by atoms with E-state index in [4.69, 9.17) is 15.2 Å². The molecule has 0 bridgehead atoms. The molecule has 0 aliphatic carbocycles. The minimum atomic E-state index is -0.00352. The highest BCUT2D eigenvalue weighted by Gasteiger charge is 2.05. The van der Waals surface area contributed by atoms with Gasteiger partial charge in [-0.3, -0.25) is 4.99 Å². The number of nitrogens with two attached hydrogens (primary N) is 1. The number of rotatable bonds is 7. The predicted octanol–water partition coefficient (Wildman–Crippen LogP) is 2.64. The molecule has 0 radical (unpaired) electrons. The quantitative estimate of drug-likeness (QED) is 0.414. The van der Waals surface area contributed by atoms with E-state index in [1.807, 2.05) is 31.2 Å². The standard InChI is InChI=1S/C15H25N3O2.HI/c1-11(2)9-17-15(16)18-10-12(3)20-14-7-5-13(19-4)6-8-14;/h5-8,11-12H,9-10H2,1-4H3,(H3,16,17,18);1H. The van der Waals surface area contributed by atoms with Crippen LogP contribution in [0.3, 0.4) is 0 Å². The zero-order valence-electron chi connectivity index (χ0n) is 13.1. The van der Waals surface area contributed by atoms with Crippen molar-refractivity contribution in [2.45, 2.75) is 26.9 Å². The normalized spacial score (nSPS) is 12.5. The van der Waals surface area contributed by atoms with Crippen LogP contribution in [0, 0.1) is 5.92 Å². The second-order valence-corrected chi connectivity index (χ2v) is 5.10. The summed E-state index contributed by atoms with van der Waals surface area (Å²) in [7, 11) is 1.64. The van der Waals surface area contributed by atoms with E-state index in [0.717, 1.165) is 18.0 Å². The number of halogens is 1. The van der Waals surface area contributed by atoms with E-state index in [1.54, 1.807) is 7.11 Å². The van der Waals surface area contributed by atoms with Crippen LogP contribution in [-0.4, -0.2) is 32.3 Å². The zero-order valence-corrected chi connectivity index (χ0v) is 15.5. The third-order valence-electron chi connectivity index (χ3n) is 2.59. The average molecular weight is 407 g/mol. The summed E-state index contributed by atoms with van der Waals surface area (Å²) in [5, 5.41) is 3.06. The van der Waals surface area contributed by atoms with Crippen molar-refractivity contribution in [1.29, 1.82) is 0 Å². The Labute approximate surface area is 144 Å². The summed E-state index contributed by atoms with van der Waals surface area (Å²) in [5.41, 5.74) is 5.77. The van der Waals surface area contributed by atoms with Gasteiger partial charge < -0.3 is 20.5 Å². The SMILES string of the molecule is COc1ccc(OC(C)CNC(N)=NCC(C)C)cc1.I. The molecule has 6 heteroatoms. The smallest absolute Gasteiger partial charge is 0.188 e. The van der Waals surface area contributed by atoms with Gasteiger partial charge in [0.25, 0.3) is 0 Å². The maximum Gasteiger partial charge on any atom is 0.188 e. The lowest BCUT2D eigenvalue weighted by atomic mass is 10.2. The third kappa shape index (κ3) is 8.64.